The summed E-state index contributed by atoms with van der Waals surface area (Å²) in [5, 5.41) is 20.1. The van der Waals surface area contributed by atoms with Crippen LogP contribution in [-0.4, -0.2) is 42.9 Å². The molecule has 39 heavy (non-hydrogen) atoms. The van der Waals surface area contributed by atoms with Crippen LogP contribution in [-0.2, 0) is 17.4 Å². The van der Waals surface area contributed by atoms with Gasteiger partial charge in [0.25, 0.3) is 0 Å². The number of hydrogen-bond acceptors (Lipinski definition) is 5. The predicted octanol–water partition coefficient (Wildman–Crippen LogP) is 5.82. The Labute approximate surface area is 225 Å². The number of fused-ring (bicyclic) bond motifs is 3. The number of aryl methyl sites for hydroxylation is 2. The Hall–Kier alpha value is -3.69. The Bertz CT molecular complexity index is 1680. The predicted molar refractivity (Wildman–Crippen MR) is 145 cm³/mol. The number of rotatable bonds is 5. The highest BCUT2D eigenvalue weighted by atomic mass is 19.1. The molecule has 202 valence electrons. The molecule has 0 aliphatic carbocycles. The second-order valence-corrected chi connectivity index (χ2v) is 11.0. The third-order valence-electron chi connectivity index (χ3n) is 7.89. The molecule has 0 spiro atoms. The average Bonchev–Trinajstić information content (AvgIpc) is 3.41. The molecule has 3 aromatic heterocycles. The smallest absolute Gasteiger partial charge is 0.131 e. The minimum Gasteiger partial charge on any atom is -0.386 e. The fourth-order valence-corrected chi connectivity index (χ4v) is 5.95. The van der Waals surface area contributed by atoms with Crippen molar-refractivity contribution in [3.63, 3.8) is 0 Å². The summed E-state index contributed by atoms with van der Waals surface area (Å²) in [5.74, 6) is -1.17. The zero-order valence-corrected chi connectivity index (χ0v) is 22.4. The van der Waals surface area contributed by atoms with Crippen LogP contribution in [0.3, 0.4) is 0 Å². The van der Waals surface area contributed by atoms with Gasteiger partial charge in [0.2, 0.25) is 0 Å². The molecular weight excluding hydrogens is 500 g/mol. The van der Waals surface area contributed by atoms with Crippen molar-refractivity contribution in [1.29, 1.82) is 0 Å². The van der Waals surface area contributed by atoms with E-state index in [0.29, 0.717) is 18.8 Å². The van der Waals surface area contributed by atoms with Crippen molar-refractivity contribution < 1.29 is 18.6 Å². The maximum atomic E-state index is 15.6. The van der Waals surface area contributed by atoms with Crippen LogP contribution in [0.4, 0.5) is 8.78 Å². The van der Waals surface area contributed by atoms with Crippen molar-refractivity contribution >= 4 is 21.9 Å². The Kier molecular flexibility index (Phi) is 6.23. The Balaban J connectivity index is 1.71. The summed E-state index contributed by atoms with van der Waals surface area (Å²) in [7, 11) is 1.84. The Morgan fingerprint density at radius 1 is 1.05 bits per heavy atom. The lowest BCUT2D eigenvalue weighted by Crippen LogP contribution is -2.27. The van der Waals surface area contributed by atoms with Gasteiger partial charge in [-0.05, 0) is 63.3 Å². The van der Waals surface area contributed by atoms with Crippen LogP contribution in [0.15, 0.2) is 48.7 Å². The molecule has 6 rings (SSSR count). The number of nitrogens with zero attached hydrogens (tertiary/aromatic N) is 5. The Morgan fingerprint density at radius 3 is 2.49 bits per heavy atom. The van der Waals surface area contributed by atoms with Crippen molar-refractivity contribution in [2.75, 3.05) is 13.2 Å². The molecule has 1 aliphatic rings. The molecule has 4 heterocycles. The first-order valence-corrected chi connectivity index (χ1v) is 13.2. The van der Waals surface area contributed by atoms with Gasteiger partial charge in [0.05, 0.1) is 39.6 Å². The summed E-state index contributed by atoms with van der Waals surface area (Å²) in [6.07, 6.45) is 3.26. The third kappa shape index (κ3) is 4.39. The molecule has 5 aromatic rings. The number of benzene rings is 2. The van der Waals surface area contributed by atoms with Gasteiger partial charge in [-0.2, -0.15) is 0 Å². The van der Waals surface area contributed by atoms with E-state index >= 15 is 4.39 Å². The van der Waals surface area contributed by atoms with Crippen LogP contribution in [0.1, 0.15) is 49.6 Å². The number of pyridine rings is 1. The normalized spacial score (nSPS) is 15.9. The zero-order valence-electron chi connectivity index (χ0n) is 22.4. The molecule has 7 nitrogen and oxygen atoms in total. The van der Waals surface area contributed by atoms with Gasteiger partial charge >= 0.3 is 0 Å². The van der Waals surface area contributed by atoms with E-state index in [1.807, 2.05) is 44.4 Å². The molecule has 1 fully saturated rings. The number of halogens is 2. The van der Waals surface area contributed by atoms with Crippen LogP contribution in [0.25, 0.3) is 33.2 Å². The molecule has 9 heteroatoms. The minimum atomic E-state index is -1.08. The van der Waals surface area contributed by atoms with Gasteiger partial charge in [-0.15, -0.1) is 5.10 Å². The third-order valence-corrected chi connectivity index (χ3v) is 7.89. The maximum Gasteiger partial charge on any atom is 0.131 e. The number of ether oxygens (including phenoxy) is 1. The molecule has 1 aliphatic heterocycles. The molecule has 0 amide bonds. The summed E-state index contributed by atoms with van der Waals surface area (Å²) < 4.78 is 39.1. The number of hydrogen-bond donors (Lipinski definition) is 1. The molecule has 1 N–H and O–H groups in total. The molecule has 2 aromatic carbocycles. The van der Waals surface area contributed by atoms with Gasteiger partial charge in [-0.25, -0.2) is 13.5 Å². The Morgan fingerprint density at radius 2 is 1.82 bits per heavy atom. The summed E-state index contributed by atoms with van der Waals surface area (Å²) in [6, 6.07) is 11.2. The molecule has 0 saturated carbocycles. The second kappa shape index (κ2) is 9.50. The number of aromatic nitrogens is 5. The van der Waals surface area contributed by atoms with Crippen molar-refractivity contribution in [1.82, 2.24) is 24.5 Å². The maximum absolute atomic E-state index is 15.6. The van der Waals surface area contributed by atoms with Crippen LogP contribution in [0, 0.1) is 24.5 Å². The summed E-state index contributed by atoms with van der Waals surface area (Å²) >= 11 is 0. The summed E-state index contributed by atoms with van der Waals surface area (Å²) in [5.41, 5.74) is 4.93. The quantitative estimate of drug-likeness (QED) is 0.310. The van der Waals surface area contributed by atoms with E-state index < -0.39 is 23.3 Å². The standard InChI is InChI=1S/C30H31F2N5O2/c1-17-28(36(4)35-34-17)19-13-26-27(33-16-19)23-7-5-20(30(2,3)38)14-25(23)37(26)29(18-9-11-39-12-10-18)22-8-6-21(31)15-24(22)32/h5-8,13-16,18,29,38H,9-12H2,1-4H3. The SMILES string of the molecule is Cc1nnn(C)c1-c1cnc2c3ccc(C(C)(C)O)cc3n(C(c3ccc(F)cc3F)C3CCOCC3)c2c1. The second-order valence-electron chi connectivity index (χ2n) is 11.0. The van der Waals surface area contributed by atoms with E-state index in [0.717, 1.165) is 63.4 Å². The van der Waals surface area contributed by atoms with Crippen molar-refractivity contribution in [2.45, 2.75) is 45.3 Å². The van der Waals surface area contributed by atoms with E-state index in [1.54, 1.807) is 24.6 Å². The van der Waals surface area contributed by atoms with E-state index in [4.69, 9.17) is 9.72 Å². The molecule has 0 bridgehead atoms. The molecular formula is C30H31F2N5O2. The van der Waals surface area contributed by atoms with Gasteiger partial charge in [0, 0.05) is 49.0 Å². The number of aliphatic hydroxyl groups is 1. The van der Waals surface area contributed by atoms with Gasteiger partial charge in [-0.1, -0.05) is 23.4 Å². The first-order chi connectivity index (χ1) is 18.6. The molecule has 1 atom stereocenters. The van der Waals surface area contributed by atoms with E-state index in [9.17, 15) is 9.50 Å². The van der Waals surface area contributed by atoms with Crippen molar-refractivity contribution in [3.05, 3.63) is 77.1 Å². The summed E-state index contributed by atoms with van der Waals surface area (Å²) in [4.78, 5) is 4.89. The molecule has 0 radical (unpaired) electrons. The van der Waals surface area contributed by atoms with Gasteiger partial charge in [0.15, 0.2) is 0 Å². The lowest BCUT2D eigenvalue weighted by molar-refractivity contribution is 0.0548. The first-order valence-electron chi connectivity index (χ1n) is 13.2. The monoisotopic (exact) mass is 531 g/mol. The fraction of sp³-hybridized carbons (Fsp3) is 0.367. The lowest BCUT2D eigenvalue weighted by atomic mass is 9.86. The topological polar surface area (TPSA) is 78.0 Å². The largest absolute Gasteiger partial charge is 0.386 e. The van der Waals surface area contributed by atoms with Crippen LogP contribution in [0.2, 0.25) is 0 Å². The van der Waals surface area contributed by atoms with E-state index in [1.165, 1.54) is 6.07 Å². The van der Waals surface area contributed by atoms with Crippen molar-refractivity contribution in [3.8, 4) is 11.3 Å². The fourth-order valence-electron chi connectivity index (χ4n) is 5.95. The minimum absolute atomic E-state index is 0.0343. The first kappa shape index (κ1) is 25.6. The zero-order chi connectivity index (χ0) is 27.5. The van der Waals surface area contributed by atoms with Gasteiger partial charge in [-0.3, -0.25) is 4.98 Å². The highest BCUT2D eigenvalue weighted by Crippen LogP contribution is 2.42. The highest BCUT2D eigenvalue weighted by Gasteiger charge is 2.33. The molecule has 1 saturated heterocycles. The average molecular weight is 532 g/mol. The summed E-state index contributed by atoms with van der Waals surface area (Å²) in [6.45, 7) is 6.52. The van der Waals surface area contributed by atoms with Crippen LogP contribution >= 0.6 is 0 Å². The lowest BCUT2D eigenvalue weighted by Gasteiger charge is -2.33. The molecule has 1 unspecified atom stereocenters. The van der Waals surface area contributed by atoms with Crippen LogP contribution in [0.5, 0.6) is 0 Å². The van der Waals surface area contributed by atoms with Gasteiger partial charge in [0.1, 0.15) is 11.6 Å². The van der Waals surface area contributed by atoms with E-state index in [-0.39, 0.29) is 5.92 Å². The highest BCUT2D eigenvalue weighted by molar-refractivity contribution is 6.07. The van der Waals surface area contributed by atoms with E-state index in [2.05, 4.69) is 14.9 Å². The van der Waals surface area contributed by atoms with Gasteiger partial charge < -0.3 is 14.4 Å². The van der Waals surface area contributed by atoms with Crippen LogP contribution < -0.4 is 0 Å². The van der Waals surface area contributed by atoms with Crippen molar-refractivity contribution in [2.24, 2.45) is 13.0 Å².